The number of anilines is 1. The maximum absolute atomic E-state index is 13.4. The Morgan fingerprint density at radius 3 is 2.74 bits per heavy atom. The summed E-state index contributed by atoms with van der Waals surface area (Å²) in [4.78, 5) is 30.7. The van der Waals surface area contributed by atoms with E-state index in [-0.39, 0.29) is 11.9 Å². The van der Waals surface area contributed by atoms with Crippen molar-refractivity contribution in [3.8, 4) is 16.9 Å². The summed E-state index contributed by atoms with van der Waals surface area (Å²) >= 11 is 0. The molecule has 1 atom stereocenters. The number of hydrogen-bond donors (Lipinski definition) is 0. The third kappa shape index (κ3) is 3.97. The average molecular weight is 422 g/mol. The maximum Gasteiger partial charge on any atom is 0.292 e. The number of aryl methyl sites for hydroxylation is 2. The zero-order valence-electron chi connectivity index (χ0n) is 18.5. The first-order valence-corrected chi connectivity index (χ1v) is 10.3. The van der Waals surface area contributed by atoms with E-state index in [9.17, 15) is 4.79 Å². The molecule has 4 rings (SSSR count). The van der Waals surface area contributed by atoms with Gasteiger partial charge in [0.25, 0.3) is 5.91 Å². The molecule has 0 bridgehead atoms. The van der Waals surface area contributed by atoms with Gasteiger partial charge in [-0.25, -0.2) is 15.0 Å². The van der Waals surface area contributed by atoms with Crippen LogP contribution in [0.3, 0.4) is 0 Å². The molecule has 0 spiro atoms. The molecule has 0 saturated carbocycles. The Balaban J connectivity index is 1.80. The van der Waals surface area contributed by atoms with Gasteiger partial charge in [-0.15, -0.1) is 0 Å². The third-order valence-electron chi connectivity index (χ3n) is 5.51. The van der Waals surface area contributed by atoms with Crippen molar-refractivity contribution in [3.05, 3.63) is 53.5 Å². The van der Waals surface area contributed by atoms with Crippen molar-refractivity contribution >= 4 is 11.9 Å². The lowest BCUT2D eigenvalue weighted by molar-refractivity contribution is 0.0698. The molecule has 3 aromatic rings. The maximum atomic E-state index is 13.4. The van der Waals surface area contributed by atoms with Crippen molar-refractivity contribution in [2.24, 2.45) is 0 Å². The second-order valence-electron chi connectivity index (χ2n) is 7.90. The van der Waals surface area contributed by atoms with Crippen molar-refractivity contribution in [3.63, 3.8) is 0 Å². The molecule has 0 N–H and O–H groups in total. The van der Waals surface area contributed by atoms with Crippen LogP contribution in [0.4, 0.5) is 5.95 Å². The van der Waals surface area contributed by atoms with E-state index in [2.05, 4.69) is 9.97 Å². The number of benzene rings is 1. The summed E-state index contributed by atoms with van der Waals surface area (Å²) < 4.78 is 11.0. The van der Waals surface area contributed by atoms with E-state index >= 15 is 0 Å². The Morgan fingerprint density at radius 1 is 1.26 bits per heavy atom. The minimum absolute atomic E-state index is 0.151. The number of carbonyl (C=O) groups excluding carboxylic acids is 1. The van der Waals surface area contributed by atoms with Gasteiger partial charge in [0.2, 0.25) is 11.7 Å². The minimum atomic E-state index is -0.180. The van der Waals surface area contributed by atoms with Crippen LogP contribution in [0.25, 0.3) is 11.1 Å². The van der Waals surface area contributed by atoms with E-state index in [0.29, 0.717) is 29.8 Å². The SMILES string of the molecule is COc1cccc(-c2cnc(N(C)C)nc2[C@H]2CCCN2C(=O)c2oc(C)nc2C)c1. The Labute approximate surface area is 181 Å². The van der Waals surface area contributed by atoms with Crippen LogP contribution in [0.5, 0.6) is 5.75 Å². The fourth-order valence-corrected chi connectivity index (χ4v) is 4.02. The van der Waals surface area contributed by atoms with Crippen LogP contribution in [0.1, 0.15) is 46.7 Å². The third-order valence-corrected chi connectivity index (χ3v) is 5.51. The van der Waals surface area contributed by atoms with E-state index in [1.165, 1.54) is 0 Å². The van der Waals surface area contributed by atoms with Crippen molar-refractivity contribution in [2.45, 2.75) is 32.7 Å². The molecule has 8 heteroatoms. The summed E-state index contributed by atoms with van der Waals surface area (Å²) in [6.45, 7) is 4.19. The predicted molar refractivity (Wildman–Crippen MR) is 117 cm³/mol. The molecule has 8 nitrogen and oxygen atoms in total. The number of rotatable bonds is 5. The molecule has 1 aliphatic heterocycles. The van der Waals surface area contributed by atoms with Gasteiger partial charge >= 0.3 is 0 Å². The van der Waals surface area contributed by atoms with Crippen LogP contribution in [-0.4, -0.2) is 53.5 Å². The monoisotopic (exact) mass is 421 g/mol. The molecule has 0 radical (unpaired) electrons. The standard InChI is InChI=1S/C23H27N5O3/c1-14-21(31-15(2)25-14)22(29)28-11-7-10-19(28)20-18(13-24-23(26-20)27(3)4)16-8-6-9-17(12-16)30-5/h6,8-9,12-13,19H,7,10-11H2,1-5H3/t19-/m1/s1. The molecule has 2 aromatic heterocycles. The topological polar surface area (TPSA) is 84.6 Å². The van der Waals surface area contributed by atoms with Crippen LogP contribution in [0.2, 0.25) is 0 Å². The molecule has 1 aromatic carbocycles. The first-order chi connectivity index (χ1) is 14.9. The summed E-state index contributed by atoms with van der Waals surface area (Å²) in [5.74, 6) is 2.00. The van der Waals surface area contributed by atoms with Gasteiger partial charge in [0.15, 0.2) is 5.89 Å². The number of oxazole rings is 1. The molecule has 1 fully saturated rings. The number of hydrogen-bond acceptors (Lipinski definition) is 7. The molecular formula is C23H27N5O3. The Bertz CT molecular complexity index is 1110. The number of methoxy groups -OCH3 is 1. The van der Waals surface area contributed by atoms with Crippen LogP contribution in [-0.2, 0) is 0 Å². The number of aromatic nitrogens is 3. The number of amides is 1. The highest BCUT2D eigenvalue weighted by atomic mass is 16.5. The largest absolute Gasteiger partial charge is 0.497 e. The summed E-state index contributed by atoms with van der Waals surface area (Å²) in [6.07, 6.45) is 3.54. The van der Waals surface area contributed by atoms with Gasteiger partial charge in [-0.1, -0.05) is 12.1 Å². The molecular weight excluding hydrogens is 394 g/mol. The summed E-state index contributed by atoms with van der Waals surface area (Å²) in [7, 11) is 5.45. The van der Waals surface area contributed by atoms with E-state index in [1.807, 2.05) is 54.4 Å². The number of nitrogens with zero attached hydrogens (tertiary/aromatic N) is 5. The van der Waals surface area contributed by atoms with Crippen LogP contribution < -0.4 is 9.64 Å². The minimum Gasteiger partial charge on any atom is -0.497 e. The van der Waals surface area contributed by atoms with E-state index in [0.717, 1.165) is 35.4 Å². The average Bonchev–Trinajstić information content (AvgIpc) is 3.39. The van der Waals surface area contributed by atoms with E-state index in [1.54, 1.807) is 21.0 Å². The molecule has 1 aliphatic rings. The molecule has 0 aliphatic carbocycles. The van der Waals surface area contributed by atoms with Crippen molar-refractivity contribution in [1.29, 1.82) is 0 Å². The summed E-state index contributed by atoms with van der Waals surface area (Å²) in [5.41, 5.74) is 3.27. The smallest absolute Gasteiger partial charge is 0.292 e. The lowest BCUT2D eigenvalue weighted by Crippen LogP contribution is -2.32. The molecule has 162 valence electrons. The highest BCUT2D eigenvalue weighted by Gasteiger charge is 2.36. The highest BCUT2D eigenvalue weighted by molar-refractivity contribution is 5.93. The quantitative estimate of drug-likeness (QED) is 0.619. The van der Waals surface area contributed by atoms with Gasteiger partial charge in [-0.3, -0.25) is 4.79 Å². The van der Waals surface area contributed by atoms with Crippen molar-refractivity contribution in [1.82, 2.24) is 19.9 Å². The van der Waals surface area contributed by atoms with Gasteiger partial charge in [0, 0.05) is 39.3 Å². The van der Waals surface area contributed by atoms with Gasteiger partial charge in [0.1, 0.15) is 5.75 Å². The van der Waals surface area contributed by atoms with Gasteiger partial charge in [-0.05, 0) is 37.5 Å². The second-order valence-corrected chi connectivity index (χ2v) is 7.90. The van der Waals surface area contributed by atoms with E-state index in [4.69, 9.17) is 14.1 Å². The number of likely N-dealkylation sites (tertiary alicyclic amines) is 1. The Hall–Kier alpha value is -3.42. The van der Waals surface area contributed by atoms with Crippen LogP contribution >= 0.6 is 0 Å². The Kier molecular flexibility index (Phi) is 5.63. The first kappa shape index (κ1) is 20.8. The zero-order valence-corrected chi connectivity index (χ0v) is 18.5. The van der Waals surface area contributed by atoms with Gasteiger partial charge in [-0.2, -0.15) is 0 Å². The second kappa shape index (κ2) is 8.37. The van der Waals surface area contributed by atoms with Crippen LogP contribution in [0.15, 0.2) is 34.9 Å². The van der Waals surface area contributed by atoms with Crippen molar-refractivity contribution in [2.75, 3.05) is 32.6 Å². The molecule has 1 amide bonds. The zero-order chi connectivity index (χ0) is 22.1. The summed E-state index contributed by atoms with van der Waals surface area (Å²) in [6, 6.07) is 7.63. The van der Waals surface area contributed by atoms with Gasteiger partial charge < -0.3 is 19.0 Å². The number of ether oxygens (including phenoxy) is 1. The van der Waals surface area contributed by atoms with Crippen LogP contribution in [0, 0.1) is 13.8 Å². The predicted octanol–water partition coefficient (Wildman–Crippen LogP) is 3.80. The fourth-order valence-electron chi connectivity index (χ4n) is 4.02. The molecule has 3 heterocycles. The Morgan fingerprint density at radius 2 is 2.06 bits per heavy atom. The molecule has 31 heavy (non-hydrogen) atoms. The van der Waals surface area contributed by atoms with E-state index < -0.39 is 0 Å². The lowest BCUT2D eigenvalue weighted by atomic mass is 9.99. The van der Waals surface area contributed by atoms with Gasteiger partial charge in [0.05, 0.1) is 24.5 Å². The summed E-state index contributed by atoms with van der Waals surface area (Å²) in [5, 5.41) is 0. The fraction of sp³-hybridized carbons (Fsp3) is 0.391. The molecule has 0 unspecified atom stereocenters. The first-order valence-electron chi connectivity index (χ1n) is 10.3. The number of carbonyl (C=O) groups is 1. The molecule has 1 saturated heterocycles. The van der Waals surface area contributed by atoms with Crippen molar-refractivity contribution < 1.29 is 13.9 Å². The normalized spacial score (nSPS) is 15.9. The highest BCUT2D eigenvalue weighted by Crippen LogP contribution is 2.38. The lowest BCUT2D eigenvalue weighted by Gasteiger charge is -2.26.